The first kappa shape index (κ1) is 26.6. The van der Waals surface area contributed by atoms with Crippen LogP contribution in [0.3, 0.4) is 0 Å². The maximum absolute atomic E-state index is 9.79. The van der Waals surface area contributed by atoms with Gasteiger partial charge in [0.05, 0.1) is 45.5 Å². The van der Waals surface area contributed by atoms with Gasteiger partial charge < -0.3 is 4.57 Å². The van der Waals surface area contributed by atoms with Crippen LogP contribution >= 0.6 is 0 Å². The minimum absolute atomic E-state index is 0.618. The fourth-order valence-electron chi connectivity index (χ4n) is 7.09. The largest absolute Gasteiger partial charge is 0.309 e. The molecule has 0 spiro atoms. The summed E-state index contributed by atoms with van der Waals surface area (Å²) in [6.07, 6.45) is 0. The van der Waals surface area contributed by atoms with Crippen molar-refractivity contribution in [1.29, 1.82) is 10.5 Å². The van der Waals surface area contributed by atoms with Gasteiger partial charge >= 0.3 is 0 Å². The number of benzene rings is 7. The molecule has 0 saturated carbocycles. The van der Waals surface area contributed by atoms with Crippen LogP contribution in [0.4, 0.5) is 0 Å². The van der Waals surface area contributed by atoms with E-state index in [1.54, 1.807) is 0 Å². The Labute approximate surface area is 270 Å². The molecule has 0 unspecified atom stereocenters. The second-order valence-electron chi connectivity index (χ2n) is 11.8. The van der Waals surface area contributed by atoms with Crippen molar-refractivity contribution >= 4 is 54.3 Å². The van der Waals surface area contributed by atoms with Crippen molar-refractivity contribution in [2.24, 2.45) is 0 Å². The Morgan fingerprint density at radius 2 is 1.09 bits per heavy atom. The lowest BCUT2D eigenvalue weighted by atomic mass is 9.89. The summed E-state index contributed by atoms with van der Waals surface area (Å²) in [6, 6.07) is 54.4. The lowest BCUT2D eigenvalue weighted by molar-refractivity contribution is 1.18. The molecule has 216 valence electrons. The molecule has 4 nitrogen and oxygen atoms in total. The molecule has 0 saturated heterocycles. The first-order valence-corrected chi connectivity index (χ1v) is 15.5. The average molecular weight is 597 g/mol. The van der Waals surface area contributed by atoms with Crippen LogP contribution < -0.4 is 0 Å². The molecule has 0 radical (unpaired) electrons. The highest BCUT2D eigenvalue weighted by Crippen LogP contribution is 2.43. The van der Waals surface area contributed by atoms with Crippen LogP contribution in [0.15, 0.2) is 146 Å². The van der Waals surface area contributed by atoms with E-state index in [1.807, 2.05) is 54.6 Å². The Morgan fingerprint density at radius 1 is 0.468 bits per heavy atom. The summed E-state index contributed by atoms with van der Waals surface area (Å²) in [5.41, 5.74) is 9.45. The van der Waals surface area contributed by atoms with Gasteiger partial charge in [0.25, 0.3) is 0 Å². The number of nitrogens with zero attached hydrogens (tertiary/aromatic N) is 4. The number of hydrogen-bond donors (Lipinski definition) is 0. The summed E-state index contributed by atoms with van der Waals surface area (Å²) >= 11 is 0. The number of fused-ring (bicyclic) bond motifs is 8. The third kappa shape index (κ3) is 4.10. The zero-order valence-corrected chi connectivity index (χ0v) is 25.1. The first-order valence-electron chi connectivity index (χ1n) is 15.5. The molecular formula is C43H24N4. The molecule has 0 N–H and O–H groups in total. The molecule has 0 atom stereocenters. The molecule has 9 aromatic rings. The van der Waals surface area contributed by atoms with Crippen LogP contribution in [-0.4, -0.2) is 9.55 Å². The van der Waals surface area contributed by atoms with Crippen molar-refractivity contribution in [3.63, 3.8) is 0 Å². The summed E-state index contributed by atoms with van der Waals surface area (Å²) in [7, 11) is 0. The molecule has 47 heavy (non-hydrogen) atoms. The maximum atomic E-state index is 9.79. The topological polar surface area (TPSA) is 65.4 Å². The third-order valence-electron chi connectivity index (χ3n) is 9.21. The number of aromatic nitrogens is 2. The Kier molecular flexibility index (Phi) is 5.90. The molecule has 0 aliphatic heterocycles. The molecule has 0 fully saturated rings. The van der Waals surface area contributed by atoms with Crippen molar-refractivity contribution in [2.45, 2.75) is 0 Å². The molecule has 0 amide bonds. The minimum Gasteiger partial charge on any atom is -0.309 e. The molecular weight excluding hydrogens is 573 g/mol. The molecule has 0 aliphatic rings. The van der Waals surface area contributed by atoms with Crippen molar-refractivity contribution in [3.05, 3.63) is 157 Å². The van der Waals surface area contributed by atoms with Crippen LogP contribution in [0, 0.1) is 22.7 Å². The number of nitriles is 2. The summed E-state index contributed by atoms with van der Waals surface area (Å²) in [6.45, 7) is 0. The third-order valence-corrected chi connectivity index (χ3v) is 9.21. The van der Waals surface area contributed by atoms with E-state index >= 15 is 0 Å². The number of pyridine rings is 1. The molecule has 4 heteroatoms. The zero-order valence-electron chi connectivity index (χ0n) is 25.1. The fourth-order valence-corrected chi connectivity index (χ4v) is 7.09. The monoisotopic (exact) mass is 596 g/mol. The Balaban J connectivity index is 1.39. The highest BCUT2D eigenvalue weighted by Gasteiger charge is 2.19. The number of hydrogen-bond acceptors (Lipinski definition) is 3. The Hall–Kier alpha value is -6.75. The van der Waals surface area contributed by atoms with Crippen molar-refractivity contribution < 1.29 is 0 Å². The average Bonchev–Trinajstić information content (AvgIpc) is 3.47. The molecule has 2 aromatic heterocycles. The molecule has 2 heterocycles. The van der Waals surface area contributed by atoms with Gasteiger partial charge in [-0.15, -0.1) is 0 Å². The van der Waals surface area contributed by atoms with Gasteiger partial charge in [-0.05, 0) is 88.6 Å². The smallest absolute Gasteiger partial charge is 0.0991 e. The maximum Gasteiger partial charge on any atom is 0.0991 e. The Morgan fingerprint density at radius 3 is 1.85 bits per heavy atom. The summed E-state index contributed by atoms with van der Waals surface area (Å²) in [4.78, 5) is 5.20. The van der Waals surface area contributed by atoms with E-state index in [2.05, 4.69) is 108 Å². The number of rotatable bonds is 3. The van der Waals surface area contributed by atoms with E-state index in [0.29, 0.717) is 11.1 Å². The van der Waals surface area contributed by atoms with E-state index in [0.717, 1.165) is 82.3 Å². The van der Waals surface area contributed by atoms with Crippen LogP contribution in [-0.2, 0) is 0 Å². The highest BCUT2D eigenvalue weighted by atomic mass is 15.0. The lowest BCUT2D eigenvalue weighted by Gasteiger charge is -2.16. The predicted octanol–water partition coefficient (Wildman–Crippen LogP) is 10.7. The van der Waals surface area contributed by atoms with Gasteiger partial charge in [0.15, 0.2) is 0 Å². The van der Waals surface area contributed by atoms with Crippen molar-refractivity contribution in [2.75, 3.05) is 0 Å². The lowest BCUT2D eigenvalue weighted by Crippen LogP contribution is -1.94. The fraction of sp³-hybridized carbons (Fsp3) is 0. The quantitative estimate of drug-likeness (QED) is 0.191. The van der Waals surface area contributed by atoms with E-state index < -0.39 is 0 Å². The Bertz CT molecular complexity index is 2800. The van der Waals surface area contributed by atoms with Crippen LogP contribution in [0.25, 0.3) is 82.3 Å². The summed E-state index contributed by atoms with van der Waals surface area (Å²) in [5.74, 6) is 0. The second-order valence-corrected chi connectivity index (χ2v) is 11.8. The van der Waals surface area contributed by atoms with Gasteiger partial charge in [-0.25, -0.2) is 4.98 Å². The van der Waals surface area contributed by atoms with Crippen LogP contribution in [0.2, 0.25) is 0 Å². The highest BCUT2D eigenvalue weighted by molar-refractivity contribution is 6.25. The van der Waals surface area contributed by atoms with E-state index in [1.165, 1.54) is 0 Å². The van der Waals surface area contributed by atoms with Gasteiger partial charge in [-0.3, -0.25) is 0 Å². The first-order chi connectivity index (χ1) is 23.2. The SMILES string of the molecule is N#Cc1ccc(-c2nc3ccccc3c3c2cc(-c2ccc4c(c2)c2cc(C#N)ccc2n4-c2ccccc2)c2ccccc23)cc1. The molecule has 9 rings (SSSR count). The van der Waals surface area contributed by atoms with E-state index in [9.17, 15) is 10.5 Å². The predicted molar refractivity (Wildman–Crippen MR) is 191 cm³/mol. The van der Waals surface area contributed by atoms with Crippen LogP contribution in [0.5, 0.6) is 0 Å². The number of para-hydroxylation sites is 2. The molecule has 0 aliphatic carbocycles. The minimum atomic E-state index is 0.618. The zero-order chi connectivity index (χ0) is 31.5. The normalized spacial score (nSPS) is 11.4. The van der Waals surface area contributed by atoms with E-state index in [4.69, 9.17) is 4.98 Å². The molecule has 7 aromatic carbocycles. The van der Waals surface area contributed by atoms with Gasteiger partial charge in [0.2, 0.25) is 0 Å². The standard InChI is InChI=1S/C43H24N4/c44-25-27-14-17-29(18-15-27)43-38-24-35(32-10-4-5-11-33(32)42(38)34-12-6-7-13-39(34)46-43)30-19-21-41-37(23-30)36-22-28(26-45)16-20-40(36)47(41)31-8-2-1-3-9-31/h1-24H. The van der Waals surface area contributed by atoms with Gasteiger partial charge in [-0.2, -0.15) is 10.5 Å². The molecule has 0 bridgehead atoms. The second kappa shape index (κ2) is 10.4. The van der Waals surface area contributed by atoms with Crippen LogP contribution in [0.1, 0.15) is 11.1 Å². The van der Waals surface area contributed by atoms with Crippen molar-refractivity contribution in [3.8, 4) is 40.2 Å². The van der Waals surface area contributed by atoms with Gasteiger partial charge in [0, 0.05) is 38.2 Å². The summed E-state index contributed by atoms with van der Waals surface area (Å²) < 4.78 is 2.27. The summed E-state index contributed by atoms with van der Waals surface area (Å²) in [5, 5.41) is 27.0. The van der Waals surface area contributed by atoms with Gasteiger partial charge in [-0.1, -0.05) is 78.9 Å². The van der Waals surface area contributed by atoms with Gasteiger partial charge in [0.1, 0.15) is 0 Å². The van der Waals surface area contributed by atoms with Crippen molar-refractivity contribution in [1.82, 2.24) is 9.55 Å². The van der Waals surface area contributed by atoms with E-state index in [-0.39, 0.29) is 0 Å².